The number of rotatable bonds is 3. The van der Waals surface area contributed by atoms with Gasteiger partial charge in [0.2, 0.25) is 0 Å². The summed E-state index contributed by atoms with van der Waals surface area (Å²) in [7, 11) is 0. The van der Waals surface area contributed by atoms with Gasteiger partial charge in [0.05, 0.1) is 0 Å². The molecule has 1 amide bonds. The maximum absolute atomic E-state index is 12.0. The van der Waals surface area contributed by atoms with E-state index in [4.69, 9.17) is 10.5 Å². The van der Waals surface area contributed by atoms with Crippen LogP contribution in [0.25, 0.3) is 11.1 Å². The number of nitrogens with one attached hydrogen (secondary N) is 1. The molecule has 0 bridgehead atoms. The lowest BCUT2D eigenvalue weighted by Crippen LogP contribution is -2.17. The molecule has 0 atom stereocenters. The predicted octanol–water partition coefficient (Wildman–Crippen LogP) is 5.16. The number of para-hydroxylation sites is 1. The molecule has 0 aromatic heterocycles. The zero-order valence-corrected chi connectivity index (χ0v) is 14.2. The topological polar surface area (TPSA) is 64.3 Å². The second kappa shape index (κ2) is 7.09. The molecule has 0 spiro atoms. The van der Waals surface area contributed by atoms with Crippen LogP contribution in [0, 0.1) is 13.8 Å². The summed E-state index contributed by atoms with van der Waals surface area (Å²) in [6, 6.07) is 20.7. The van der Waals surface area contributed by atoms with Gasteiger partial charge in [0, 0.05) is 16.9 Å². The third-order valence-electron chi connectivity index (χ3n) is 3.93. The Morgan fingerprint density at radius 2 is 1.72 bits per heavy atom. The Morgan fingerprint density at radius 1 is 0.960 bits per heavy atom. The Morgan fingerprint density at radius 3 is 2.40 bits per heavy atom. The van der Waals surface area contributed by atoms with Crippen molar-refractivity contribution in [2.75, 3.05) is 11.1 Å². The van der Waals surface area contributed by atoms with Gasteiger partial charge in [-0.3, -0.25) is 5.32 Å². The van der Waals surface area contributed by atoms with Crippen LogP contribution in [0.3, 0.4) is 0 Å². The number of nitrogens with two attached hydrogens (primary N) is 1. The summed E-state index contributed by atoms with van der Waals surface area (Å²) < 4.78 is 5.25. The summed E-state index contributed by atoms with van der Waals surface area (Å²) in [6.07, 6.45) is -0.517. The summed E-state index contributed by atoms with van der Waals surface area (Å²) in [5.41, 5.74) is 11.6. The fourth-order valence-electron chi connectivity index (χ4n) is 2.65. The predicted molar refractivity (Wildman–Crippen MR) is 102 cm³/mol. The SMILES string of the molecule is Cc1ccc(-c2ccc(NC(=O)Oc3ccccc3)c(C)c2)c(N)c1. The van der Waals surface area contributed by atoms with Crippen molar-refractivity contribution < 1.29 is 9.53 Å². The maximum Gasteiger partial charge on any atom is 0.417 e. The number of nitrogen functional groups attached to an aromatic ring is 1. The van der Waals surface area contributed by atoms with Crippen LogP contribution in [0.5, 0.6) is 5.75 Å². The fraction of sp³-hybridized carbons (Fsp3) is 0.0952. The van der Waals surface area contributed by atoms with Crippen LogP contribution in [0.15, 0.2) is 66.7 Å². The lowest BCUT2D eigenvalue weighted by Gasteiger charge is -2.12. The van der Waals surface area contributed by atoms with Crippen molar-refractivity contribution in [3.05, 3.63) is 77.9 Å². The molecule has 0 fully saturated rings. The van der Waals surface area contributed by atoms with Crippen LogP contribution in [0.2, 0.25) is 0 Å². The van der Waals surface area contributed by atoms with Crippen LogP contribution in [-0.4, -0.2) is 6.09 Å². The van der Waals surface area contributed by atoms with E-state index in [1.807, 2.05) is 68.4 Å². The Labute approximate surface area is 147 Å². The van der Waals surface area contributed by atoms with Gasteiger partial charge in [-0.2, -0.15) is 0 Å². The highest BCUT2D eigenvalue weighted by molar-refractivity contribution is 5.88. The highest BCUT2D eigenvalue weighted by Gasteiger charge is 2.09. The van der Waals surface area contributed by atoms with Crippen molar-refractivity contribution in [3.63, 3.8) is 0 Å². The first-order valence-corrected chi connectivity index (χ1v) is 8.04. The molecule has 0 saturated carbocycles. The summed E-state index contributed by atoms with van der Waals surface area (Å²) in [4.78, 5) is 12.0. The van der Waals surface area contributed by atoms with Gasteiger partial charge in [0.15, 0.2) is 0 Å². The van der Waals surface area contributed by atoms with E-state index in [0.29, 0.717) is 11.4 Å². The minimum atomic E-state index is -0.517. The number of anilines is 2. The summed E-state index contributed by atoms with van der Waals surface area (Å²) >= 11 is 0. The molecule has 3 aromatic rings. The van der Waals surface area contributed by atoms with Gasteiger partial charge in [0.1, 0.15) is 5.75 Å². The number of carbonyl (C=O) groups is 1. The van der Waals surface area contributed by atoms with Gasteiger partial charge in [-0.15, -0.1) is 0 Å². The van der Waals surface area contributed by atoms with Crippen molar-refractivity contribution >= 4 is 17.5 Å². The van der Waals surface area contributed by atoms with E-state index in [1.54, 1.807) is 12.1 Å². The van der Waals surface area contributed by atoms with E-state index in [2.05, 4.69) is 5.32 Å². The normalized spacial score (nSPS) is 10.3. The lowest BCUT2D eigenvalue weighted by molar-refractivity contribution is 0.215. The molecule has 0 aliphatic carbocycles. The fourth-order valence-corrected chi connectivity index (χ4v) is 2.65. The minimum absolute atomic E-state index is 0.502. The molecule has 25 heavy (non-hydrogen) atoms. The molecule has 4 nitrogen and oxygen atoms in total. The average Bonchev–Trinajstić information content (AvgIpc) is 2.58. The van der Waals surface area contributed by atoms with E-state index in [-0.39, 0.29) is 0 Å². The molecule has 3 N–H and O–H groups in total. The van der Waals surface area contributed by atoms with Crippen LogP contribution in [0.1, 0.15) is 11.1 Å². The third-order valence-corrected chi connectivity index (χ3v) is 3.93. The second-order valence-corrected chi connectivity index (χ2v) is 5.95. The van der Waals surface area contributed by atoms with E-state index in [1.165, 1.54) is 0 Å². The Kier molecular flexibility index (Phi) is 4.70. The van der Waals surface area contributed by atoms with Crippen molar-refractivity contribution in [1.29, 1.82) is 0 Å². The maximum atomic E-state index is 12.0. The van der Waals surface area contributed by atoms with E-state index < -0.39 is 6.09 Å². The van der Waals surface area contributed by atoms with E-state index in [0.717, 1.165) is 27.9 Å². The number of benzene rings is 3. The number of amides is 1. The number of carbonyl (C=O) groups excluding carboxylic acids is 1. The molecule has 3 rings (SSSR count). The monoisotopic (exact) mass is 332 g/mol. The van der Waals surface area contributed by atoms with E-state index in [9.17, 15) is 4.79 Å². The molecule has 0 aliphatic rings. The molecule has 126 valence electrons. The first-order chi connectivity index (χ1) is 12.0. The number of aryl methyl sites for hydroxylation is 2. The molecule has 0 heterocycles. The van der Waals surface area contributed by atoms with Crippen LogP contribution >= 0.6 is 0 Å². The van der Waals surface area contributed by atoms with Crippen LogP contribution < -0.4 is 15.8 Å². The minimum Gasteiger partial charge on any atom is -0.410 e. The van der Waals surface area contributed by atoms with Gasteiger partial charge in [-0.1, -0.05) is 36.4 Å². The van der Waals surface area contributed by atoms with Gasteiger partial charge in [-0.25, -0.2) is 4.79 Å². The summed E-state index contributed by atoms with van der Waals surface area (Å²) in [5.74, 6) is 0.502. The second-order valence-electron chi connectivity index (χ2n) is 5.95. The molecule has 4 heteroatoms. The number of ether oxygens (including phenoxy) is 1. The van der Waals surface area contributed by atoms with Gasteiger partial charge in [-0.05, 0) is 60.9 Å². The highest BCUT2D eigenvalue weighted by atomic mass is 16.6. The Hall–Kier alpha value is -3.27. The van der Waals surface area contributed by atoms with Crippen molar-refractivity contribution in [2.24, 2.45) is 0 Å². The molecule has 0 radical (unpaired) electrons. The lowest BCUT2D eigenvalue weighted by atomic mass is 9.99. The van der Waals surface area contributed by atoms with Crippen molar-refractivity contribution in [1.82, 2.24) is 0 Å². The molecular weight excluding hydrogens is 312 g/mol. The standard InChI is InChI=1S/C21H20N2O2/c1-14-8-10-18(19(22)12-14)16-9-11-20(15(2)13-16)23-21(24)25-17-6-4-3-5-7-17/h3-13H,22H2,1-2H3,(H,23,24). The van der Waals surface area contributed by atoms with Crippen LogP contribution in [-0.2, 0) is 0 Å². The number of hydrogen-bond donors (Lipinski definition) is 2. The van der Waals surface area contributed by atoms with Crippen molar-refractivity contribution in [2.45, 2.75) is 13.8 Å². The zero-order chi connectivity index (χ0) is 17.8. The van der Waals surface area contributed by atoms with Gasteiger partial charge >= 0.3 is 6.09 Å². The highest BCUT2D eigenvalue weighted by Crippen LogP contribution is 2.29. The summed E-state index contributed by atoms with van der Waals surface area (Å²) in [5, 5.41) is 2.77. The third kappa shape index (κ3) is 3.98. The zero-order valence-electron chi connectivity index (χ0n) is 14.2. The van der Waals surface area contributed by atoms with Gasteiger partial charge in [0.25, 0.3) is 0 Å². The molecule has 0 saturated heterocycles. The Bertz CT molecular complexity index is 905. The first kappa shape index (κ1) is 16.6. The molecule has 3 aromatic carbocycles. The first-order valence-electron chi connectivity index (χ1n) is 8.04. The smallest absolute Gasteiger partial charge is 0.410 e. The summed E-state index contributed by atoms with van der Waals surface area (Å²) in [6.45, 7) is 3.95. The van der Waals surface area contributed by atoms with Gasteiger partial charge < -0.3 is 10.5 Å². The Balaban J connectivity index is 1.77. The largest absolute Gasteiger partial charge is 0.417 e. The van der Waals surface area contributed by atoms with Crippen LogP contribution in [0.4, 0.5) is 16.2 Å². The number of hydrogen-bond acceptors (Lipinski definition) is 3. The molecule has 0 aliphatic heterocycles. The molecule has 0 unspecified atom stereocenters. The average molecular weight is 332 g/mol. The van der Waals surface area contributed by atoms with Crippen molar-refractivity contribution in [3.8, 4) is 16.9 Å². The van der Waals surface area contributed by atoms with E-state index >= 15 is 0 Å². The quantitative estimate of drug-likeness (QED) is 0.651. The molecular formula is C21H20N2O2.